The van der Waals surface area contributed by atoms with Crippen LogP contribution in [-0.4, -0.2) is 36.1 Å². The summed E-state index contributed by atoms with van der Waals surface area (Å²) in [5.41, 5.74) is 0.0222. The number of rotatable bonds is 3. The number of aliphatic hydroxyl groups is 1. The molecule has 0 aliphatic carbocycles. The van der Waals surface area contributed by atoms with Crippen LogP contribution < -0.4 is 4.74 Å². The zero-order valence-electron chi connectivity index (χ0n) is 13.8. The first-order chi connectivity index (χ1) is 11.9. The van der Waals surface area contributed by atoms with Gasteiger partial charge in [-0.15, -0.1) is 0 Å². The van der Waals surface area contributed by atoms with Gasteiger partial charge in [-0.1, -0.05) is 35.3 Å². The Morgan fingerprint density at radius 2 is 2.04 bits per heavy atom. The second-order valence-corrected chi connectivity index (χ2v) is 7.06. The average Bonchev–Trinajstić information content (AvgIpc) is 2.61. The number of ether oxygens (including phenoxy) is 1. The van der Waals surface area contributed by atoms with Crippen LogP contribution in [0.15, 0.2) is 42.5 Å². The van der Waals surface area contributed by atoms with Crippen molar-refractivity contribution in [3.05, 3.63) is 63.6 Å². The molecule has 1 aliphatic heterocycles. The lowest BCUT2D eigenvalue weighted by atomic mass is 9.85. The molecule has 1 atom stereocenters. The average molecular weight is 380 g/mol. The van der Waals surface area contributed by atoms with Crippen LogP contribution >= 0.6 is 23.2 Å². The van der Waals surface area contributed by atoms with Gasteiger partial charge in [0.05, 0.1) is 24.2 Å². The van der Waals surface area contributed by atoms with Gasteiger partial charge in [0.1, 0.15) is 11.4 Å². The number of carbonyl (C=O) groups is 1. The molecule has 6 heteroatoms. The van der Waals surface area contributed by atoms with E-state index >= 15 is 0 Å². The fourth-order valence-corrected chi connectivity index (χ4v) is 3.68. The van der Waals surface area contributed by atoms with Crippen LogP contribution in [0.4, 0.5) is 0 Å². The summed E-state index contributed by atoms with van der Waals surface area (Å²) < 4.78 is 5.24. The lowest BCUT2D eigenvalue weighted by Crippen LogP contribution is -2.48. The minimum atomic E-state index is -1.11. The summed E-state index contributed by atoms with van der Waals surface area (Å²) in [4.78, 5) is 14.5. The number of hydrogen-bond donors (Lipinski definition) is 1. The highest BCUT2D eigenvalue weighted by Gasteiger charge is 2.37. The molecule has 2 aromatic carbocycles. The molecule has 0 spiro atoms. The number of β-amino-alcohol motifs (C(OH)–C–C–N with tert-alkyl or cyclic N) is 1. The molecule has 2 aromatic rings. The van der Waals surface area contributed by atoms with Crippen molar-refractivity contribution in [2.24, 2.45) is 0 Å². The lowest BCUT2D eigenvalue weighted by Gasteiger charge is -2.39. The molecule has 1 aliphatic rings. The van der Waals surface area contributed by atoms with Crippen LogP contribution in [-0.2, 0) is 5.60 Å². The molecule has 0 aromatic heterocycles. The molecule has 132 valence electrons. The third kappa shape index (κ3) is 3.76. The molecule has 1 N–H and O–H groups in total. The number of piperidine rings is 1. The number of carbonyl (C=O) groups excluding carboxylic acids is 1. The second-order valence-electron chi connectivity index (χ2n) is 6.22. The van der Waals surface area contributed by atoms with Crippen molar-refractivity contribution in [3.63, 3.8) is 0 Å². The normalized spacial score (nSPS) is 20.4. The van der Waals surface area contributed by atoms with Gasteiger partial charge in [-0.3, -0.25) is 4.79 Å². The number of methoxy groups -OCH3 is 1. The maximum absolute atomic E-state index is 12.8. The first kappa shape index (κ1) is 18.1. The Morgan fingerprint density at radius 3 is 2.76 bits per heavy atom. The van der Waals surface area contributed by atoms with Gasteiger partial charge in [0.2, 0.25) is 0 Å². The summed E-state index contributed by atoms with van der Waals surface area (Å²) in [5, 5.41) is 11.9. The van der Waals surface area contributed by atoms with Crippen LogP contribution in [0, 0.1) is 0 Å². The fourth-order valence-electron chi connectivity index (χ4n) is 3.19. The molecule has 1 saturated heterocycles. The number of nitrogens with zero attached hydrogens (tertiary/aromatic N) is 1. The number of hydrogen-bond acceptors (Lipinski definition) is 3. The van der Waals surface area contributed by atoms with Crippen molar-refractivity contribution in [3.8, 4) is 5.75 Å². The van der Waals surface area contributed by atoms with Gasteiger partial charge in [-0.25, -0.2) is 0 Å². The third-order valence-corrected chi connectivity index (χ3v) is 5.07. The van der Waals surface area contributed by atoms with Crippen LogP contribution in [0.5, 0.6) is 5.75 Å². The van der Waals surface area contributed by atoms with Crippen molar-refractivity contribution in [1.29, 1.82) is 0 Å². The maximum Gasteiger partial charge on any atom is 0.255 e. The first-order valence-electron chi connectivity index (χ1n) is 8.04. The van der Waals surface area contributed by atoms with Crippen molar-refractivity contribution >= 4 is 29.1 Å². The van der Waals surface area contributed by atoms with E-state index in [9.17, 15) is 9.90 Å². The number of benzene rings is 2. The van der Waals surface area contributed by atoms with E-state index in [4.69, 9.17) is 27.9 Å². The van der Waals surface area contributed by atoms with Crippen molar-refractivity contribution < 1.29 is 14.6 Å². The van der Waals surface area contributed by atoms with E-state index < -0.39 is 5.60 Å². The Hall–Kier alpha value is -1.75. The van der Waals surface area contributed by atoms with Gasteiger partial charge >= 0.3 is 0 Å². The number of halogens is 2. The smallest absolute Gasteiger partial charge is 0.255 e. The Bertz CT molecular complexity index is 796. The van der Waals surface area contributed by atoms with Crippen LogP contribution in [0.3, 0.4) is 0 Å². The highest BCUT2D eigenvalue weighted by Crippen LogP contribution is 2.34. The van der Waals surface area contributed by atoms with E-state index in [1.807, 2.05) is 24.3 Å². The lowest BCUT2D eigenvalue weighted by molar-refractivity contribution is -0.0290. The van der Waals surface area contributed by atoms with E-state index in [0.29, 0.717) is 40.7 Å². The van der Waals surface area contributed by atoms with Gasteiger partial charge in [0.15, 0.2) is 0 Å². The predicted molar refractivity (Wildman–Crippen MR) is 98.5 cm³/mol. The molecule has 25 heavy (non-hydrogen) atoms. The van der Waals surface area contributed by atoms with E-state index in [2.05, 4.69) is 0 Å². The van der Waals surface area contributed by atoms with Crippen molar-refractivity contribution in [1.82, 2.24) is 4.90 Å². The second kappa shape index (κ2) is 7.24. The van der Waals surface area contributed by atoms with Crippen LogP contribution in [0.2, 0.25) is 10.0 Å². The zero-order chi connectivity index (χ0) is 18.0. The highest BCUT2D eigenvalue weighted by atomic mass is 35.5. The quantitative estimate of drug-likeness (QED) is 0.871. The third-order valence-electron chi connectivity index (χ3n) is 4.53. The van der Waals surface area contributed by atoms with E-state index in [1.54, 1.807) is 30.2 Å². The largest absolute Gasteiger partial charge is 0.497 e. The molecule has 1 unspecified atom stereocenters. The van der Waals surface area contributed by atoms with Crippen LogP contribution in [0.25, 0.3) is 0 Å². The summed E-state index contributed by atoms with van der Waals surface area (Å²) in [7, 11) is 1.59. The number of likely N-dealkylation sites (tertiary alicyclic amines) is 1. The van der Waals surface area contributed by atoms with Crippen molar-refractivity contribution in [2.45, 2.75) is 18.4 Å². The van der Waals surface area contributed by atoms with E-state index in [1.165, 1.54) is 0 Å². The highest BCUT2D eigenvalue weighted by molar-refractivity contribution is 6.36. The first-order valence-corrected chi connectivity index (χ1v) is 8.80. The number of amides is 1. The summed E-state index contributed by atoms with van der Waals surface area (Å²) in [6, 6.07) is 12.1. The molecular weight excluding hydrogens is 361 g/mol. The Balaban J connectivity index is 1.85. The molecule has 1 fully saturated rings. The molecule has 0 bridgehead atoms. The zero-order valence-corrected chi connectivity index (χ0v) is 15.3. The van der Waals surface area contributed by atoms with Crippen molar-refractivity contribution in [2.75, 3.05) is 20.2 Å². The molecule has 0 saturated carbocycles. The topological polar surface area (TPSA) is 49.8 Å². The standard InChI is InChI=1S/C19H19Cl2NO3/c1-25-15-5-2-4-13(10-15)19(24)8-3-9-22(12-19)18(23)16-7-6-14(20)11-17(16)21/h2,4-7,10-11,24H,3,8-9,12H2,1H3. The van der Waals surface area contributed by atoms with Gasteiger partial charge in [-0.05, 0) is 48.7 Å². The molecule has 0 radical (unpaired) electrons. The van der Waals surface area contributed by atoms with Gasteiger partial charge in [0.25, 0.3) is 5.91 Å². The molecule has 3 rings (SSSR count). The molecule has 1 heterocycles. The van der Waals surface area contributed by atoms with Crippen LogP contribution in [0.1, 0.15) is 28.8 Å². The minimum absolute atomic E-state index is 0.206. The van der Waals surface area contributed by atoms with E-state index in [0.717, 1.165) is 5.56 Å². The fraction of sp³-hybridized carbons (Fsp3) is 0.316. The SMILES string of the molecule is COc1cccc(C2(O)CCCN(C(=O)c3ccc(Cl)cc3Cl)C2)c1. The Kier molecular flexibility index (Phi) is 5.23. The monoisotopic (exact) mass is 379 g/mol. The summed E-state index contributed by atoms with van der Waals surface area (Å²) >= 11 is 12.1. The predicted octanol–water partition coefficient (Wildman–Crippen LogP) is 4.13. The summed E-state index contributed by atoms with van der Waals surface area (Å²) in [6.07, 6.45) is 1.28. The Morgan fingerprint density at radius 1 is 1.24 bits per heavy atom. The molecular formula is C19H19Cl2NO3. The summed E-state index contributed by atoms with van der Waals surface area (Å²) in [6.45, 7) is 0.780. The molecule has 4 nitrogen and oxygen atoms in total. The summed E-state index contributed by atoms with van der Waals surface area (Å²) in [5.74, 6) is 0.470. The Labute approximate surface area is 156 Å². The van der Waals surface area contributed by atoms with E-state index in [-0.39, 0.29) is 12.5 Å². The minimum Gasteiger partial charge on any atom is -0.497 e. The maximum atomic E-state index is 12.8. The van der Waals surface area contributed by atoms with Gasteiger partial charge in [-0.2, -0.15) is 0 Å². The van der Waals surface area contributed by atoms with Gasteiger partial charge in [0, 0.05) is 11.6 Å². The van der Waals surface area contributed by atoms with Gasteiger partial charge < -0.3 is 14.7 Å². The molecule has 1 amide bonds.